The number of thioether (sulfide) groups is 1. The van der Waals surface area contributed by atoms with Crippen LogP contribution in [0.5, 0.6) is 0 Å². The van der Waals surface area contributed by atoms with E-state index in [1.165, 1.54) is 17.3 Å². The summed E-state index contributed by atoms with van der Waals surface area (Å²) in [6.07, 6.45) is 4.41. The zero-order valence-electron chi connectivity index (χ0n) is 16.5. The fourth-order valence-electron chi connectivity index (χ4n) is 3.08. The van der Waals surface area contributed by atoms with E-state index in [2.05, 4.69) is 34.2 Å². The lowest BCUT2D eigenvalue weighted by Crippen LogP contribution is -2.31. The number of hydrogen-bond acceptors (Lipinski definition) is 5. The van der Waals surface area contributed by atoms with Crippen molar-refractivity contribution >= 4 is 17.7 Å². The quantitative estimate of drug-likeness (QED) is 0.542. The van der Waals surface area contributed by atoms with E-state index in [1.54, 1.807) is 12.4 Å². The van der Waals surface area contributed by atoms with Crippen molar-refractivity contribution in [1.29, 1.82) is 0 Å². The van der Waals surface area contributed by atoms with Gasteiger partial charge in [-0.15, -0.1) is 10.2 Å². The van der Waals surface area contributed by atoms with Crippen molar-refractivity contribution in [3.8, 4) is 17.1 Å². The normalized spacial score (nSPS) is 10.8. The summed E-state index contributed by atoms with van der Waals surface area (Å²) in [5.41, 5.74) is 3.12. The molecule has 0 aliphatic carbocycles. The van der Waals surface area contributed by atoms with Crippen LogP contribution >= 0.6 is 11.8 Å². The van der Waals surface area contributed by atoms with Crippen molar-refractivity contribution < 1.29 is 4.79 Å². The van der Waals surface area contributed by atoms with Gasteiger partial charge in [0.1, 0.15) is 0 Å². The molecule has 0 unspecified atom stereocenters. The first-order valence-electron chi connectivity index (χ1n) is 9.54. The van der Waals surface area contributed by atoms with Gasteiger partial charge in [-0.2, -0.15) is 0 Å². The number of carbonyl (C=O) groups excluding carboxylic acids is 1. The number of carbonyl (C=O) groups is 1. The molecule has 1 amide bonds. The average Bonchev–Trinajstić information content (AvgIpc) is 3.17. The van der Waals surface area contributed by atoms with Crippen LogP contribution in [0.2, 0.25) is 0 Å². The van der Waals surface area contributed by atoms with Gasteiger partial charge < -0.3 is 4.90 Å². The van der Waals surface area contributed by atoms with E-state index in [0.29, 0.717) is 24.0 Å². The lowest BCUT2D eigenvalue weighted by atomic mass is 10.1. The summed E-state index contributed by atoms with van der Waals surface area (Å²) in [6, 6.07) is 12.1. The zero-order chi connectivity index (χ0) is 19.9. The molecular formula is C21H25N5OS. The van der Waals surface area contributed by atoms with Crippen molar-refractivity contribution in [3.05, 3.63) is 54.4 Å². The SMILES string of the molecule is CCc1ccccc1-n1c(SCC(=O)N(CC)CC)nnc1-c1cccnc1. The Labute approximate surface area is 170 Å². The van der Waals surface area contributed by atoms with E-state index in [4.69, 9.17) is 0 Å². The summed E-state index contributed by atoms with van der Waals surface area (Å²) in [6.45, 7) is 7.53. The lowest BCUT2D eigenvalue weighted by Gasteiger charge is -2.18. The van der Waals surface area contributed by atoms with Gasteiger partial charge in [0.2, 0.25) is 5.91 Å². The van der Waals surface area contributed by atoms with Crippen LogP contribution in [-0.2, 0) is 11.2 Å². The number of aryl methyl sites for hydroxylation is 1. The third-order valence-corrected chi connectivity index (χ3v) is 5.52. The topological polar surface area (TPSA) is 63.9 Å². The van der Waals surface area contributed by atoms with E-state index in [1.807, 2.05) is 47.6 Å². The molecule has 7 heteroatoms. The predicted octanol–water partition coefficient (Wildman–Crippen LogP) is 3.85. The number of hydrogen-bond donors (Lipinski definition) is 0. The van der Waals surface area contributed by atoms with Crippen LogP contribution in [0, 0.1) is 0 Å². The van der Waals surface area contributed by atoms with E-state index in [-0.39, 0.29) is 5.91 Å². The molecule has 28 heavy (non-hydrogen) atoms. The molecule has 0 fully saturated rings. The smallest absolute Gasteiger partial charge is 0.233 e. The second-order valence-corrected chi connectivity index (χ2v) is 7.16. The maximum absolute atomic E-state index is 12.5. The van der Waals surface area contributed by atoms with Gasteiger partial charge in [0.05, 0.1) is 11.4 Å². The summed E-state index contributed by atoms with van der Waals surface area (Å²) in [5.74, 6) is 1.17. The van der Waals surface area contributed by atoms with Crippen molar-refractivity contribution in [2.75, 3.05) is 18.8 Å². The zero-order valence-corrected chi connectivity index (χ0v) is 17.3. The van der Waals surface area contributed by atoms with E-state index in [9.17, 15) is 4.79 Å². The molecule has 1 aromatic carbocycles. The number of amides is 1. The van der Waals surface area contributed by atoms with Crippen LogP contribution in [0.1, 0.15) is 26.3 Å². The third kappa shape index (κ3) is 4.25. The first-order valence-corrected chi connectivity index (χ1v) is 10.5. The minimum Gasteiger partial charge on any atom is -0.343 e. The van der Waals surface area contributed by atoms with Crippen molar-refractivity contribution in [3.63, 3.8) is 0 Å². The fraction of sp³-hybridized carbons (Fsp3) is 0.333. The Morgan fingerprint density at radius 2 is 1.86 bits per heavy atom. The van der Waals surface area contributed by atoms with Crippen LogP contribution in [0.15, 0.2) is 53.9 Å². The Bertz CT molecular complexity index is 922. The number of rotatable bonds is 8. The molecular weight excluding hydrogens is 370 g/mol. The second-order valence-electron chi connectivity index (χ2n) is 6.22. The third-order valence-electron chi connectivity index (χ3n) is 4.61. The highest BCUT2D eigenvalue weighted by molar-refractivity contribution is 7.99. The fourth-order valence-corrected chi connectivity index (χ4v) is 3.93. The predicted molar refractivity (Wildman–Crippen MR) is 113 cm³/mol. The molecule has 0 radical (unpaired) electrons. The average molecular weight is 396 g/mol. The van der Waals surface area contributed by atoms with E-state index >= 15 is 0 Å². The molecule has 0 saturated heterocycles. The Hall–Kier alpha value is -2.67. The Kier molecular flexibility index (Phi) is 6.81. The minimum atomic E-state index is 0.108. The van der Waals surface area contributed by atoms with E-state index < -0.39 is 0 Å². The van der Waals surface area contributed by atoms with Gasteiger partial charge in [-0.25, -0.2) is 0 Å². The highest BCUT2D eigenvalue weighted by atomic mass is 32.2. The van der Waals surface area contributed by atoms with Crippen LogP contribution in [0.4, 0.5) is 0 Å². The summed E-state index contributed by atoms with van der Waals surface area (Å²) in [4.78, 5) is 18.5. The molecule has 2 aromatic heterocycles. The van der Waals surface area contributed by atoms with Gasteiger partial charge >= 0.3 is 0 Å². The Morgan fingerprint density at radius 3 is 2.54 bits per heavy atom. The maximum atomic E-state index is 12.5. The molecule has 3 aromatic rings. The second kappa shape index (κ2) is 9.50. The largest absolute Gasteiger partial charge is 0.343 e. The molecule has 0 bridgehead atoms. The highest BCUT2D eigenvalue weighted by Gasteiger charge is 2.20. The number of aromatic nitrogens is 4. The van der Waals surface area contributed by atoms with Crippen LogP contribution in [-0.4, -0.2) is 49.4 Å². The monoisotopic (exact) mass is 395 g/mol. The number of pyridine rings is 1. The van der Waals surface area contributed by atoms with Crippen LogP contribution < -0.4 is 0 Å². The summed E-state index contributed by atoms with van der Waals surface area (Å²) in [7, 11) is 0. The van der Waals surface area contributed by atoms with Gasteiger partial charge in [-0.05, 0) is 44.0 Å². The molecule has 0 aliphatic heterocycles. The van der Waals surface area contributed by atoms with Crippen molar-refractivity contribution in [2.24, 2.45) is 0 Å². The van der Waals surface area contributed by atoms with E-state index in [0.717, 1.165) is 23.5 Å². The summed E-state index contributed by atoms with van der Waals surface area (Å²) < 4.78 is 2.04. The Morgan fingerprint density at radius 1 is 1.07 bits per heavy atom. The molecule has 0 atom stereocenters. The number of nitrogens with zero attached hydrogens (tertiary/aromatic N) is 5. The molecule has 0 N–H and O–H groups in total. The standard InChI is InChI=1S/C21H25N5OS/c1-4-16-10-7-8-12-18(16)26-20(17-11-9-13-22-14-17)23-24-21(26)28-15-19(27)25(5-2)6-3/h7-14H,4-6,15H2,1-3H3. The molecule has 146 valence electrons. The first-order chi connectivity index (χ1) is 13.7. The minimum absolute atomic E-state index is 0.108. The van der Waals surface area contributed by atoms with Gasteiger partial charge in [0, 0.05) is 31.0 Å². The summed E-state index contributed by atoms with van der Waals surface area (Å²) >= 11 is 1.42. The van der Waals surface area contributed by atoms with Crippen LogP contribution in [0.25, 0.3) is 17.1 Å². The van der Waals surface area contributed by atoms with Gasteiger partial charge in [0.15, 0.2) is 11.0 Å². The van der Waals surface area contributed by atoms with Crippen LogP contribution in [0.3, 0.4) is 0 Å². The Balaban J connectivity index is 2.01. The molecule has 0 aliphatic rings. The number of para-hydroxylation sites is 1. The first kappa shape index (κ1) is 20.1. The van der Waals surface area contributed by atoms with Gasteiger partial charge in [-0.1, -0.05) is 36.9 Å². The van der Waals surface area contributed by atoms with Gasteiger partial charge in [0.25, 0.3) is 0 Å². The van der Waals surface area contributed by atoms with Gasteiger partial charge in [-0.3, -0.25) is 14.3 Å². The van der Waals surface area contributed by atoms with Crippen molar-refractivity contribution in [2.45, 2.75) is 32.3 Å². The molecule has 3 rings (SSSR count). The molecule has 6 nitrogen and oxygen atoms in total. The summed E-state index contributed by atoms with van der Waals surface area (Å²) in [5, 5.41) is 9.54. The molecule has 0 spiro atoms. The lowest BCUT2D eigenvalue weighted by molar-refractivity contribution is -0.127. The van der Waals surface area contributed by atoms with Crippen molar-refractivity contribution in [1.82, 2.24) is 24.6 Å². The molecule has 0 saturated carbocycles. The maximum Gasteiger partial charge on any atom is 0.233 e. The highest BCUT2D eigenvalue weighted by Crippen LogP contribution is 2.29. The number of benzene rings is 1. The molecule has 2 heterocycles.